The van der Waals surface area contributed by atoms with Crippen molar-refractivity contribution in [1.29, 1.82) is 0 Å². The van der Waals surface area contributed by atoms with E-state index in [1.807, 2.05) is 0 Å². The largest absolute Gasteiger partial charge is 0.420 e. The summed E-state index contributed by atoms with van der Waals surface area (Å²) < 4.78 is 39.7. The molecule has 1 saturated carbocycles. The number of aryl methyl sites for hydroxylation is 2. The first kappa shape index (κ1) is 21.0. The molecule has 1 atom stereocenters. The van der Waals surface area contributed by atoms with Crippen molar-refractivity contribution in [2.75, 3.05) is 5.32 Å². The molecule has 3 aromatic heterocycles. The maximum Gasteiger partial charge on any atom is 0.420 e. The highest BCUT2D eigenvalue weighted by atomic mass is 19.4. The molecule has 162 valence electrons. The third kappa shape index (κ3) is 4.02. The minimum absolute atomic E-state index is 0.0120. The Balaban J connectivity index is 1.74. The van der Waals surface area contributed by atoms with Gasteiger partial charge in [0.05, 0.1) is 11.2 Å². The SMILES string of the molecule is Cc1cc([C@H](O)C(F)(F)F)ncc1-c1cc2cnc(NC(=O)C3CC3)cc2n(C)c1=O. The number of halogens is 3. The van der Waals surface area contributed by atoms with Crippen LogP contribution >= 0.6 is 0 Å². The minimum Gasteiger partial charge on any atom is -0.378 e. The average Bonchev–Trinajstić information content (AvgIpc) is 3.55. The molecule has 0 aliphatic heterocycles. The fraction of sp³-hybridized carbons (Fsp3) is 0.333. The number of pyridine rings is 3. The quantitative estimate of drug-likeness (QED) is 0.660. The Morgan fingerprint density at radius 3 is 2.52 bits per heavy atom. The van der Waals surface area contributed by atoms with Gasteiger partial charge in [0, 0.05) is 47.9 Å². The lowest BCUT2D eigenvalue weighted by Gasteiger charge is -2.16. The molecule has 0 unspecified atom stereocenters. The highest BCUT2D eigenvalue weighted by molar-refractivity contribution is 5.95. The van der Waals surface area contributed by atoms with Crippen LogP contribution in [0.5, 0.6) is 0 Å². The Kier molecular flexibility index (Phi) is 5.04. The molecule has 1 aliphatic rings. The molecule has 0 aromatic carbocycles. The summed E-state index contributed by atoms with van der Waals surface area (Å²) in [5, 5.41) is 12.8. The van der Waals surface area contributed by atoms with Gasteiger partial charge in [-0.3, -0.25) is 14.6 Å². The summed E-state index contributed by atoms with van der Waals surface area (Å²) in [7, 11) is 1.56. The molecule has 1 aliphatic carbocycles. The van der Waals surface area contributed by atoms with E-state index in [0.29, 0.717) is 27.8 Å². The van der Waals surface area contributed by atoms with Gasteiger partial charge in [-0.15, -0.1) is 0 Å². The van der Waals surface area contributed by atoms with Gasteiger partial charge in [0.1, 0.15) is 5.82 Å². The number of aromatic nitrogens is 3. The monoisotopic (exact) mass is 432 g/mol. The van der Waals surface area contributed by atoms with Gasteiger partial charge in [-0.1, -0.05) is 0 Å². The van der Waals surface area contributed by atoms with Gasteiger partial charge in [0.25, 0.3) is 5.56 Å². The fourth-order valence-electron chi connectivity index (χ4n) is 3.38. The zero-order valence-electron chi connectivity index (χ0n) is 16.7. The van der Waals surface area contributed by atoms with Crippen LogP contribution in [0.4, 0.5) is 19.0 Å². The molecular weight excluding hydrogens is 413 g/mol. The van der Waals surface area contributed by atoms with E-state index in [1.165, 1.54) is 10.8 Å². The molecule has 4 rings (SSSR count). The number of hydrogen-bond donors (Lipinski definition) is 2. The third-order valence-electron chi connectivity index (χ3n) is 5.32. The van der Waals surface area contributed by atoms with Crippen LogP contribution < -0.4 is 10.9 Å². The summed E-state index contributed by atoms with van der Waals surface area (Å²) in [6.45, 7) is 1.54. The topological polar surface area (TPSA) is 97.1 Å². The molecule has 1 amide bonds. The van der Waals surface area contributed by atoms with E-state index in [4.69, 9.17) is 0 Å². The predicted molar refractivity (Wildman–Crippen MR) is 107 cm³/mol. The number of aliphatic hydroxyl groups is 1. The second kappa shape index (κ2) is 7.45. The molecule has 1 fully saturated rings. The van der Waals surface area contributed by atoms with Crippen LogP contribution in [0.15, 0.2) is 35.4 Å². The summed E-state index contributed by atoms with van der Waals surface area (Å²) in [6, 6.07) is 4.31. The number of anilines is 1. The fourth-order valence-corrected chi connectivity index (χ4v) is 3.38. The van der Waals surface area contributed by atoms with E-state index in [1.54, 1.807) is 26.1 Å². The first-order valence-electron chi connectivity index (χ1n) is 9.58. The van der Waals surface area contributed by atoms with Gasteiger partial charge in [0.2, 0.25) is 5.91 Å². The Morgan fingerprint density at radius 1 is 1.19 bits per heavy atom. The maximum atomic E-state index is 13.0. The zero-order chi connectivity index (χ0) is 22.5. The van der Waals surface area contributed by atoms with Crippen LogP contribution in [0.2, 0.25) is 0 Å². The third-order valence-corrected chi connectivity index (χ3v) is 5.32. The van der Waals surface area contributed by atoms with Crippen molar-refractivity contribution in [3.63, 3.8) is 0 Å². The van der Waals surface area contributed by atoms with Crippen LogP contribution in [-0.4, -0.2) is 31.7 Å². The van der Waals surface area contributed by atoms with Crippen molar-refractivity contribution in [3.8, 4) is 11.1 Å². The summed E-state index contributed by atoms with van der Waals surface area (Å²) in [6.07, 6.45) is -3.15. The number of fused-ring (bicyclic) bond motifs is 1. The number of rotatable bonds is 4. The van der Waals surface area contributed by atoms with Crippen molar-refractivity contribution in [2.45, 2.75) is 32.0 Å². The van der Waals surface area contributed by atoms with Gasteiger partial charge in [-0.2, -0.15) is 13.2 Å². The number of aliphatic hydroxyl groups excluding tert-OH is 1. The number of nitrogens with one attached hydrogen (secondary N) is 1. The van der Waals surface area contributed by atoms with Gasteiger partial charge in [-0.05, 0) is 37.5 Å². The standard InChI is InChI=1S/C21H19F3N4O3/c1-10-5-15(18(29)21(22,23)24)25-9-14(10)13-6-12-8-26-17(27-19(30)11-3-4-11)7-16(12)28(2)20(13)31/h5-9,11,18,29H,3-4H2,1-2H3,(H,26,27,30)/t18-/m0/s1. The lowest BCUT2D eigenvalue weighted by molar-refractivity contribution is -0.207. The van der Waals surface area contributed by atoms with Crippen LogP contribution in [0.25, 0.3) is 22.0 Å². The first-order valence-corrected chi connectivity index (χ1v) is 9.58. The lowest BCUT2D eigenvalue weighted by Crippen LogP contribution is -2.22. The molecule has 3 heterocycles. The average molecular weight is 432 g/mol. The normalized spacial score (nSPS) is 15.2. The second-order valence-corrected chi connectivity index (χ2v) is 7.68. The smallest absolute Gasteiger partial charge is 0.378 e. The summed E-state index contributed by atoms with van der Waals surface area (Å²) in [4.78, 5) is 32.9. The highest BCUT2D eigenvalue weighted by Gasteiger charge is 2.40. The Morgan fingerprint density at radius 2 is 1.90 bits per heavy atom. The van der Waals surface area contributed by atoms with E-state index in [9.17, 15) is 27.9 Å². The number of carbonyl (C=O) groups is 1. The molecule has 31 heavy (non-hydrogen) atoms. The Labute approximate surface area is 174 Å². The lowest BCUT2D eigenvalue weighted by atomic mass is 10.0. The van der Waals surface area contributed by atoms with E-state index >= 15 is 0 Å². The Bertz CT molecular complexity index is 1250. The molecule has 7 nitrogen and oxygen atoms in total. The Hall–Kier alpha value is -3.27. The van der Waals surface area contributed by atoms with E-state index in [2.05, 4.69) is 15.3 Å². The van der Waals surface area contributed by atoms with Gasteiger partial charge >= 0.3 is 6.18 Å². The van der Waals surface area contributed by atoms with Crippen molar-refractivity contribution >= 4 is 22.6 Å². The van der Waals surface area contributed by atoms with E-state index in [-0.39, 0.29) is 22.9 Å². The molecule has 0 radical (unpaired) electrons. The number of amides is 1. The van der Waals surface area contributed by atoms with Crippen molar-refractivity contribution in [2.24, 2.45) is 13.0 Å². The van der Waals surface area contributed by atoms with Crippen LogP contribution in [-0.2, 0) is 11.8 Å². The van der Waals surface area contributed by atoms with E-state index in [0.717, 1.165) is 25.1 Å². The first-order chi connectivity index (χ1) is 14.6. The molecule has 0 spiro atoms. The maximum absolute atomic E-state index is 13.0. The van der Waals surface area contributed by atoms with Crippen LogP contribution in [0.3, 0.4) is 0 Å². The molecule has 10 heteroatoms. The van der Waals surface area contributed by atoms with E-state index < -0.39 is 18.0 Å². The number of alkyl halides is 3. The molecular formula is C21H19F3N4O3. The molecule has 2 N–H and O–H groups in total. The summed E-state index contributed by atoms with van der Waals surface area (Å²) >= 11 is 0. The van der Waals surface area contributed by atoms with Crippen molar-refractivity contribution in [3.05, 3.63) is 52.2 Å². The molecule has 3 aromatic rings. The highest BCUT2D eigenvalue weighted by Crippen LogP contribution is 2.33. The molecule has 0 saturated heterocycles. The molecule has 0 bridgehead atoms. The van der Waals surface area contributed by atoms with Gasteiger partial charge in [-0.25, -0.2) is 4.98 Å². The predicted octanol–water partition coefficient (Wildman–Crippen LogP) is 3.25. The number of nitrogens with zero attached hydrogens (tertiary/aromatic N) is 3. The van der Waals surface area contributed by atoms with Gasteiger partial charge in [0.15, 0.2) is 6.10 Å². The minimum atomic E-state index is -4.83. The zero-order valence-corrected chi connectivity index (χ0v) is 16.7. The van der Waals surface area contributed by atoms with Crippen LogP contribution in [0, 0.1) is 12.8 Å². The number of hydrogen-bond acceptors (Lipinski definition) is 5. The van der Waals surface area contributed by atoms with Crippen molar-refractivity contribution in [1.82, 2.24) is 14.5 Å². The second-order valence-electron chi connectivity index (χ2n) is 7.68. The summed E-state index contributed by atoms with van der Waals surface area (Å²) in [5.74, 6) is 0.254. The van der Waals surface area contributed by atoms with Gasteiger partial charge < -0.3 is 15.0 Å². The van der Waals surface area contributed by atoms with Crippen molar-refractivity contribution < 1.29 is 23.1 Å². The summed E-state index contributed by atoms with van der Waals surface area (Å²) in [5.41, 5.74) is 0.586. The van der Waals surface area contributed by atoms with Crippen LogP contribution in [0.1, 0.15) is 30.2 Å². The number of carbonyl (C=O) groups excluding carboxylic acids is 1.